The van der Waals surface area contributed by atoms with Crippen LogP contribution in [0, 0.1) is 4.51 Å². The molecule has 0 unspecified atom stereocenters. The van der Waals surface area contributed by atoms with Gasteiger partial charge in [-0.15, -0.1) is 0 Å². The van der Waals surface area contributed by atoms with Crippen LogP contribution in [0.3, 0.4) is 0 Å². The number of anilines is 1. The Hall–Kier alpha value is 0.420. The molecule has 1 fully saturated rings. The van der Waals surface area contributed by atoms with Crippen molar-refractivity contribution in [3.8, 4) is 0 Å². The zero-order valence-electron chi connectivity index (χ0n) is 9.62. The molecular formula is C9H12ClN2NaOS. The minimum atomic E-state index is 0. The number of hydrogen-bond donors (Lipinski definition) is 1. The van der Waals surface area contributed by atoms with E-state index in [4.69, 9.17) is 28.6 Å². The van der Waals surface area contributed by atoms with Crippen molar-refractivity contribution in [2.24, 2.45) is 0 Å². The van der Waals surface area contributed by atoms with E-state index < -0.39 is 0 Å². The van der Waals surface area contributed by atoms with Gasteiger partial charge >= 0.3 is 29.6 Å². The average molecular weight is 255 g/mol. The number of hydrogen-bond acceptors (Lipinski definition) is 3. The molecule has 1 aromatic rings. The van der Waals surface area contributed by atoms with E-state index in [9.17, 15) is 0 Å². The Balaban J connectivity index is 0.00000112. The summed E-state index contributed by atoms with van der Waals surface area (Å²) in [4.78, 5) is 5.27. The summed E-state index contributed by atoms with van der Waals surface area (Å²) in [6, 6.07) is 1.79. The van der Waals surface area contributed by atoms with Crippen molar-refractivity contribution < 1.29 is 35.7 Å². The minimum Gasteiger partial charge on any atom is -1.00 e. The van der Waals surface area contributed by atoms with Crippen LogP contribution >= 0.6 is 23.8 Å². The molecule has 0 atom stereocenters. The maximum Gasteiger partial charge on any atom is 1.00 e. The molecular weight excluding hydrogens is 243 g/mol. The maximum atomic E-state index is 6.11. The molecule has 1 aliphatic rings. The summed E-state index contributed by atoms with van der Waals surface area (Å²) in [5, 5.41) is 0.629. The second-order valence-corrected chi connectivity index (χ2v) is 3.92. The van der Waals surface area contributed by atoms with Crippen LogP contribution in [0.5, 0.6) is 0 Å². The molecule has 1 N–H and O–H groups in total. The summed E-state index contributed by atoms with van der Waals surface area (Å²) in [5.41, 5.74) is 0. The number of nitrogens with zero attached hydrogens (tertiary/aromatic N) is 1. The molecule has 78 valence electrons. The molecule has 0 aromatic carbocycles. The predicted molar refractivity (Wildman–Crippen MR) is 60.8 cm³/mol. The smallest absolute Gasteiger partial charge is 1.00 e. The Labute approximate surface area is 123 Å². The van der Waals surface area contributed by atoms with Crippen LogP contribution in [0.15, 0.2) is 12.3 Å². The third kappa shape index (κ3) is 3.19. The van der Waals surface area contributed by atoms with Gasteiger partial charge in [0, 0.05) is 19.3 Å². The first-order chi connectivity index (χ1) is 6.79. The van der Waals surface area contributed by atoms with Crippen LogP contribution in [0.4, 0.5) is 5.82 Å². The van der Waals surface area contributed by atoms with E-state index in [1.165, 1.54) is 0 Å². The SMILES string of the molecule is S=c1cc[nH]c(N2CCOCC2)c1Cl.[H-].[Na+]. The Morgan fingerprint density at radius 3 is 2.80 bits per heavy atom. The van der Waals surface area contributed by atoms with Gasteiger partial charge in [0.2, 0.25) is 0 Å². The number of nitrogens with one attached hydrogen (secondary N) is 1. The quantitative estimate of drug-likeness (QED) is 0.533. The van der Waals surface area contributed by atoms with Crippen molar-refractivity contribution in [2.75, 3.05) is 31.2 Å². The number of morpholine rings is 1. The predicted octanol–water partition coefficient (Wildman–Crippen LogP) is -0.649. The average Bonchev–Trinajstić information content (AvgIpc) is 2.23. The van der Waals surface area contributed by atoms with Gasteiger partial charge in [-0.2, -0.15) is 0 Å². The first kappa shape index (κ1) is 13.5. The fourth-order valence-electron chi connectivity index (χ4n) is 1.47. The zero-order valence-corrected chi connectivity index (χ0v) is 12.2. The molecule has 0 amide bonds. The third-order valence-electron chi connectivity index (χ3n) is 2.21. The molecule has 0 aliphatic carbocycles. The summed E-state index contributed by atoms with van der Waals surface area (Å²) < 4.78 is 5.95. The number of rotatable bonds is 1. The van der Waals surface area contributed by atoms with E-state index in [1.807, 2.05) is 6.20 Å². The van der Waals surface area contributed by atoms with Gasteiger partial charge in [0.15, 0.2) is 0 Å². The number of pyridine rings is 1. The minimum absolute atomic E-state index is 0. The third-order valence-corrected chi connectivity index (χ3v) is 3.04. The molecule has 1 aliphatic heterocycles. The Kier molecular flexibility index (Phi) is 5.60. The molecule has 1 saturated heterocycles. The Morgan fingerprint density at radius 1 is 1.47 bits per heavy atom. The van der Waals surface area contributed by atoms with Crippen molar-refractivity contribution >= 4 is 29.6 Å². The normalized spacial score (nSPS) is 15.9. The van der Waals surface area contributed by atoms with E-state index in [-0.39, 0.29) is 31.0 Å². The summed E-state index contributed by atoms with van der Waals surface area (Å²) >= 11 is 11.2. The first-order valence-electron chi connectivity index (χ1n) is 4.49. The standard InChI is InChI=1S/C9H11ClN2OS.Na.H/c10-8-7(14)1-2-11-9(8)12-3-5-13-6-4-12;;/h1-2H,3-6H2,(H,11,14);;/q;+1;-1. The molecule has 0 spiro atoms. The zero-order chi connectivity index (χ0) is 9.97. The number of ether oxygens (including phenoxy) is 1. The van der Waals surface area contributed by atoms with Crippen molar-refractivity contribution in [1.82, 2.24) is 4.98 Å². The van der Waals surface area contributed by atoms with Crippen molar-refractivity contribution in [3.05, 3.63) is 21.8 Å². The van der Waals surface area contributed by atoms with E-state index in [0.717, 1.165) is 32.1 Å². The fourth-order valence-corrected chi connectivity index (χ4v) is 1.87. The van der Waals surface area contributed by atoms with Gasteiger partial charge in [-0.05, 0) is 6.07 Å². The Morgan fingerprint density at radius 2 is 2.13 bits per heavy atom. The second kappa shape index (κ2) is 6.23. The van der Waals surface area contributed by atoms with Crippen molar-refractivity contribution in [1.29, 1.82) is 0 Å². The molecule has 15 heavy (non-hydrogen) atoms. The fraction of sp³-hybridized carbons (Fsp3) is 0.444. The summed E-state index contributed by atoms with van der Waals surface area (Å²) in [7, 11) is 0. The van der Waals surface area contributed by atoms with Gasteiger partial charge in [0.05, 0.1) is 22.7 Å². The maximum absolute atomic E-state index is 6.11. The molecule has 0 bridgehead atoms. The largest absolute Gasteiger partial charge is 1.00 e. The van der Waals surface area contributed by atoms with Crippen LogP contribution < -0.4 is 34.5 Å². The number of aromatic nitrogens is 1. The van der Waals surface area contributed by atoms with E-state index >= 15 is 0 Å². The Bertz CT molecular complexity index is 384. The van der Waals surface area contributed by atoms with E-state index in [0.29, 0.717) is 9.53 Å². The van der Waals surface area contributed by atoms with Gasteiger partial charge in [-0.25, -0.2) is 0 Å². The summed E-state index contributed by atoms with van der Waals surface area (Å²) in [6.07, 6.45) is 1.82. The molecule has 0 saturated carbocycles. The van der Waals surface area contributed by atoms with Crippen LogP contribution in [0.2, 0.25) is 5.02 Å². The van der Waals surface area contributed by atoms with Gasteiger partial charge in [0.25, 0.3) is 0 Å². The van der Waals surface area contributed by atoms with Crippen molar-refractivity contribution in [3.63, 3.8) is 0 Å². The topological polar surface area (TPSA) is 28.3 Å². The van der Waals surface area contributed by atoms with Crippen LogP contribution in [-0.2, 0) is 4.74 Å². The van der Waals surface area contributed by atoms with Gasteiger partial charge < -0.3 is 16.0 Å². The number of aromatic amines is 1. The van der Waals surface area contributed by atoms with Gasteiger partial charge in [-0.3, -0.25) is 0 Å². The molecule has 0 radical (unpaired) electrons. The van der Waals surface area contributed by atoms with Crippen LogP contribution in [0.1, 0.15) is 1.43 Å². The van der Waals surface area contributed by atoms with Gasteiger partial charge in [-0.1, -0.05) is 23.8 Å². The summed E-state index contributed by atoms with van der Waals surface area (Å²) in [6.45, 7) is 3.20. The molecule has 2 heterocycles. The van der Waals surface area contributed by atoms with Crippen LogP contribution in [-0.4, -0.2) is 31.3 Å². The van der Waals surface area contributed by atoms with Crippen molar-refractivity contribution in [2.45, 2.75) is 0 Å². The first-order valence-corrected chi connectivity index (χ1v) is 5.27. The van der Waals surface area contributed by atoms with E-state index in [1.54, 1.807) is 6.07 Å². The van der Waals surface area contributed by atoms with E-state index in [2.05, 4.69) is 9.88 Å². The molecule has 2 rings (SSSR count). The molecule has 1 aromatic heterocycles. The van der Waals surface area contributed by atoms with Gasteiger partial charge in [0.1, 0.15) is 5.82 Å². The van der Waals surface area contributed by atoms with Crippen LogP contribution in [0.25, 0.3) is 0 Å². The monoisotopic (exact) mass is 254 g/mol. The number of H-pyrrole nitrogens is 1. The number of halogens is 1. The second-order valence-electron chi connectivity index (χ2n) is 3.10. The molecule has 3 nitrogen and oxygen atoms in total. The summed E-state index contributed by atoms with van der Waals surface area (Å²) in [5.74, 6) is 0.905. The molecule has 6 heteroatoms.